The highest BCUT2D eigenvalue weighted by atomic mass is 32.1. The molecule has 0 radical (unpaired) electrons. The fourth-order valence-corrected chi connectivity index (χ4v) is 6.63. The van der Waals surface area contributed by atoms with Crippen molar-refractivity contribution in [3.63, 3.8) is 0 Å². The number of hydrogen-bond donors (Lipinski definition) is 1. The molecule has 6 nitrogen and oxygen atoms in total. The number of pyridine rings is 1. The number of carbonyl (C=O) groups excluding carboxylic acids is 1. The van der Waals surface area contributed by atoms with Gasteiger partial charge >= 0.3 is 0 Å². The summed E-state index contributed by atoms with van der Waals surface area (Å²) in [6, 6.07) is 22.4. The van der Waals surface area contributed by atoms with E-state index < -0.39 is 10.8 Å². The van der Waals surface area contributed by atoms with E-state index in [2.05, 4.69) is 27.4 Å². The summed E-state index contributed by atoms with van der Waals surface area (Å²) in [6.07, 6.45) is 2.90. The number of hydrogen-bond acceptors (Lipinski definition) is 6. The molecule has 7 heteroatoms. The summed E-state index contributed by atoms with van der Waals surface area (Å²) >= 11 is 1.40. The Morgan fingerprint density at radius 2 is 1.94 bits per heavy atom. The number of rotatable bonds is 5. The van der Waals surface area contributed by atoms with Crippen LogP contribution in [0.5, 0.6) is 5.75 Å². The van der Waals surface area contributed by atoms with E-state index in [0.717, 1.165) is 33.7 Å². The van der Waals surface area contributed by atoms with E-state index in [4.69, 9.17) is 4.74 Å². The van der Waals surface area contributed by atoms with Crippen molar-refractivity contribution >= 4 is 22.4 Å². The Balaban J connectivity index is 1.33. The molecule has 2 aromatic heterocycles. The van der Waals surface area contributed by atoms with E-state index >= 15 is 0 Å². The molecular weight excluding hydrogens is 468 g/mol. The molecule has 7 rings (SSSR count). The number of benzene rings is 2. The smallest absolute Gasteiger partial charge is 0.234 e. The van der Waals surface area contributed by atoms with Crippen LogP contribution < -0.4 is 10.1 Å². The first-order valence-electron chi connectivity index (χ1n) is 11.8. The number of ether oxygens (including phenoxy) is 1. The molecule has 0 aliphatic heterocycles. The van der Waals surface area contributed by atoms with E-state index in [1.807, 2.05) is 66.9 Å². The highest BCUT2D eigenvalue weighted by Crippen LogP contribution is 2.63. The van der Waals surface area contributed by atoms with Crippen LogP contribution in [0.25, 0.3) is 0 Å². The molecule has 2 heterocycles. The second kappa shape index (κ2) is 8.28. The Morgan fingerprint density at radius 3 is 2.72 bits per heavy atom. The number of nitrogens with zero attached hydrogens (tertiary/aromatic N) is 3. The third-order valence-corrected chi connectivity index (χ3v) is 8.54. The Hall–Kier alpha value is -4.02. The quantitative estimate of drug-likeness (QED) is 0.401. The molecule has 2 bridgehead atoms. The average molecular weight is 493 g/mol. The van der Waals surface area contributed by atoms with Crippen molar-refractivity contribution < 1.29 is 9.53 Å². The molecule has 3 aliphatic rings. The first-order valence-corrected chi connectivity index (χ1v) is 12.7. The average Bonchev–Trinajstić information content (AvgIpc) is 3.36. The monoisotopic (exact) mass is 492 g/mol. The van der Waals surface area contributed by atoms with Crippen molar-refractivity contribution in [3.05, 3.63) is 106 Å². The van der Waals surface area contributed by atoms with E-state index in [0.29, 0.717) is 23.7 Å². The Kier molecular flexibility index (Phi) is 5.16. The van der Waals surface area contributed by atoms with E-state index in [9.17, 15) is 10.1 Å². The number of nitriles is 1. The van der Waals surface area contributed by atoms with Gasteiger partial charge in [0.05, 0.1) is 30.0 Å². The molecule has 0 saturated heterocycles. The summed E-state index contributed by atoms with van der Waals surface area (Å²) < 4.78 is 5.23. The van der Waals surface area contributed by atoms with Crippen LogP contribution in [-0.2, 0) is 16.6 Å². The van der Waals surface area contributed by atoms with E-state index in [1.165, 1.54) is 11.3 Å². The normalized spacial score (nSPS) is 23.3. The topological polar surface area (TPSA) is 87.9 Å². The number of nitrogens with one attached hydrogen (secondary N) is 1. The molecule has 0 fully saturated rings. The first-order chi connectivity index (χ1) is 17.5. The van der Waals surface area contributed by atoms with Gasteiger partial charge in [-0.1, -0.05) is 42.5 Å². The third kappa shape index (κ3) is 3.11. The highest BCUT2D eigenvalue weighted by Gasteiger charge is 2.65. The Labute approximate surface area is 213 Å². The van der Waals surface area contributed by atoms with Gasteiger partial charge in [0, 0.05) is 23.9 Å². The van der Waals surface area contributed by atoms with Gasteiger partial charge < -0.3 is 10.1 Å². The zero-order valence-corrected chi connectivity index (χ0v) is 20.8. The standard InChI is InChI=1S/C29H24N4O2S/c1-28(26(34)33-27-32-19(16-36-27)14-18-9-11-20(35-2)12-10-18)15-23-21-6-3-4-8-24(21)29(28,17-30)25-22(23)7-5-13-31-25/h3-13,16,23H,14-15H2,1-2H3,(H,32,33,34). The van der Waals surface area contributed by atoms with Crippen LogP contribution in [0.15, 0.2) is 72.2 Å². The molecular formula is C29H24N4O2S. The lowest BCUT2D eigenvalue weighted by Crippen LogP contribution is -2.58. The van der Waals surface area contributed by atoms with E-state index in [-0.39, 0.29) is 11.8 Å². The number of carbonyl (C=O) groups is 1. The summed E-state index contributed by atoms with van der Waals surface area (Å²) in [5.74, 6) is 0.618. The van der Waals surface area contributed by atoms with Gasteiger partial charge in [-0.25, -0.2) is 4.98 Å². The van der Waals surface area contributed by atoms with Crippen LogP contribution in [0.2, 0.25) is 0 Å². The zero-order valence-electron chi connectivity index (χ0n) is 20.0. The van der Waals surface area contributed by atoms with Gasteiger partial charge in [0.1, 0.15) is 11.2 Å². The lowest BCUT2D eigenvalue weighted by atomic mass is 9.46. The summed E-state index contributed by atoms with van der Waals surface area (Å²) in [7, 11) is 1.65. The van der Waals surface area contributed by atoms with Crippen molar-refractivity contribution in [1.82, 2.24) is 9.97 Å². The lowest BCUT2D eigenvalue weighted by Gasteiger charge is -2.54. The van der Waals surface area contributed by atoms with Crippen molar-refractivity contribution in [2.24, 2.45) is 5.41 Å². The van der Waals surface area contributed by atoms with Crippen LogP contribution in [0, 0.1) is 16.7 Å². The maximum absolute atomic E-state index is 14.0. The largest absolute Gasteiger partial charge is 0.497 e. The minimum Gasteiger partial charge on any atom is -0.497 e. The van der Waals surface area contributed by atoms with Gasteiger partial charge in [0.25, 0.3) is 0 Å². The van der Waals surface area contributed by atoms with Crippen LogP contribution >= 0.6 is 11.3 Å². The predicted molar refractivity (Wildman–Crippen MR) is 138 cm³/mol. The van der Waals surface area contributed by atoms with Crippen LogP contribution in [0.1, 0.15) is 52.9 Å². The van der Waals surface area contributed by atoms with Gasteiger partial charge in [-0.3, -0.25) is 9.78 Å². The van der Waals surface area contributed by atoms with Crippen molar-refractivity contribution in [1.29, 1.82) is 5.26 Å². The molecule has 3 aliphatic carbocycles. The molecule has 0 saturated carbocycles. The second-order valence-corrected chi connectivity index (χ2v) is 10.5. The maximum Gasteiger partial charge on any atom is 0.234 e. The highest BCUT2D eigenvalue weighted by molar-refractivity contribution is 7.13. The van der Waals surface area contributed by atoms with Gasteiger partial charge in [0.2, 0.25) is 5.91 Å². The number of anilines is 1. The summed E-state index contributed by atoms with van der Waals surface area (Å²) in [5.41, 5.74) is 3.53. The SMILES string of the molecule is COc1ccc(Cc2csc(NC(=O)C3(C)CC4c5ccccc5C3(C#N)c3ncccc34)n2)cc1. The first kappa shape index (κ1) is 22.4. The molecule has 1 amide bonds. The fourth-order valence-electron chi connectivity index (χ4n) is 5.92. The fraction of sp³-hybridized carbons (Fsp3) is 0.241. The molecule has 2 aromatic carbocycles. The Bertz CT molecular complexity index is 1470. The molecule has 36 heavy (non-hydrogen) atoms. The number of amides is 1. The lowest BCUT2D eigenvalue weighted by molar-refractivity contribution is -0.128. The van der Waals surface area contributed by atoms with Gasteiger partial charge in [-0.2, -0.15) is 5.26 Å². The molecule has 3 unspecified atom stereocenters. The second-order valence-electron chi connectivity index (χ2n) is 9.60. The Morgan fingerprint density at radius 1 is 1.17 bits per heavy atom. The summed E-state index contributed by atoms with van der Waals surface area (Å²) in [4.78, 5) is 23.3. The molecule has 4 aromatic rings. The maximum atomic E-state index is 14.0. The van der Waals surface area contributed by atoms with Crippen LogP contribution in [0.4, 0.5) is 5.13 Å². The number of aromatic nitrogens is 2. The number of thiazole rings is 1. The summed E-state index contributed by atoms with van der Waals surface area (Å²) in [5, 5.41) is 16.3. The predicted octanol–water partition coefficient (Wildman–Crippen LogP) is 5.44. The van der Waals surface area contributed by atoms with Crippen molar-refractivity contribution in [2.45, 2.75) is 31.1 Å². The summed E-state index contributed by atoms with van der Waals surface area (Å²) in [6.45, 7) is 1.90. The molecule has 3 atom stereocenters. The van der Waals surface area contributed by atoms with E-state index in [1.54, 1.807) is 13.3 Å². The number of fused-ring (bicyclic) bond motifs is 1. The van der Waals surface area contributed by atoms with Crippen molar-refractivity contribution in [2.75, 3.05) is 12.4 Å². The van der Waals surface area contributed by atoms with Crippen molar-refractivity contribution in [3.8, 4) is 11.8 Å². The molecule has 0 spiro atoms. The van der Waals surface area contributed by atoms with Gasteiger partial charge in [-0.05, 0) is 53.8 Å². The zero-order chi connectivity index (χ0) is 24.9. The third-order valence-electron chi connectivity index (χ3n) is 7.74. The molecule has 1 N–H and O–H groups in total. The van der Waals surface area contributed by atoms with Crippen LogP contribution in [-0.4, -0.2) is 23.0 Å². The minimum atomic E-state index is -1.18. The van der Waals surface area contributed by atoms with Gasteiger partial charge in [0.15, 0.2) is 5.13 Å². The molecule has 178 valence electrons. The number of methoxy groups -OCH3 is 1. The van der Waals surface area contributed by atoms with Crippen LogP contribution in [0.3, 0.4) is 0 Å². The minimum absolute atomic E-state index is 0.0119. The van der Waals surface area contributed by atoms with Gasteiger partial charge in [-0.15, -0.1) is 11.3 Å².